The van der Waals surface area contributed by atoms with Crippen molar-refractivity contribution in [1.29, 1.82) is 0 Å². The summed E-state index contributed by atoms with van der Waals surface area (Å²) >= 11 is 0. The fourth-order valence-corrected chi connectivity index (χ4v) is 3.88. The molecule has 0 rings (SSSR count). The molecule has 0 bridgehead atoms. The van der Waals surface area contributed by atoms with E-state index in [4.69, 9.17) is 15.3 Å². The van der Waals surface area contributed by atoms with Gasteiger partial charge in [-0.05, 0) is 25.7 Å². The number of unbranched alkanes of at least 4 members (excludes halogenated alkanes) is 15. The van der Waals surface area contributed by atoms with Crippen molar-refractivity contribution in [1.82, 2.24) is 0 Å². The number of aliphatic carboxylic acids is 3. The van der Waals surface area contributed by atoms with E-state index in [1.807, 2.05) is 0 Å². The van der Waals surface area contributed by atoms with E-state index in [2.05, 4.69) is 0 Å². The summed E-state index contributed by atoms with van der Waals surface area (Å²) in [4.78, 5) is 41.2. The molecular formula is C28H52O8. The number of aldehydes is 1. The molecule has 2 atom stereocenters. The summed E-state index contributed by atoms with van der Waals surface area (Å²) in [5.41, 5.74) is 0. The number of carboxylic acids is 3. The van der Waals surface area contributed by atoms with Crippen LogP contribution >= 0.6 is 0 Å². The highest BCUT2D eigenvalue weighted by atomic mass is 16.4. The first-order chi connectivity index (χ1) is 17.2. The summed E-state index contributed by atoms with van der Waals surface area (Å²) in [6.07, 6.45) is 19.8. The van der Waals surface area contributed by atoms with Crippen molar-refractivity contribution in [2.75, 3.05) is 0 Å². The van der Waals surface area contributed by atoms with Crippen LogP contribution in [-0.2, 0) is 19.2 Å². The first kappa shape index (κ1) is 36.2. The molecule has 8 heteroatoms. The van der Waals surface area contributed by atoms with E-state index in [-0.39, 0.29) is 18.8 Å². The van der Waals surface area contributed by atoms with Crippen molar-refractivity contribution in [3.63, 3.8) is 0 Å². The molecule has 0 fully saturated rings. The smallest absolute Gasteiger partial charge is 0.306 e. The van der Waals surface area contributed by atoms with E-state index >= 15 is 0 Å². The third-order valence-electron chi connectivity index (χ3n) is 6.22. The predicted molar refractivity (Wildman–Crippen MR) is 141 cm³/mol. The average Bonchev–Trinajstić information content (AvgIpc) is 2.81. The molecule has 4 N–H and O–H groups in total. The predicted octanol–water partition coefficient (Wildman–Crippen LogP) is 6.61. The second-order valence-corrected chi connectivity index (χ2v) is 9.82. The minimum atomic E-state index is -0.933. The number of rotatable bonds is 25. The summed E-state index contributed by atoms with van der Waals surface area (Å²) in [5.74, 6) is -2.56. The van der Waals surface area contributed by atoms with Crippen LogP contribution in [0.4, 0.5) is 0 Å². The summed E-state index contributed by atoms with van der Waals surface area (Å²) in [7, 11) is 0. The Morgan fingerprint density at radius 2 is 1.03 bits per heavy atom. The second kappa shape index (κ2) is 27.6. The fourth-order valence-electron chi connectivity index (χ4n) is 3.88. The van der Waals surface area contributed by atoms with Crippen LogP contribution in [0.2, 0.25) is 0 Å². The van der Waals surface area contributed by atoms with Gasteiger partial charge in [0.25, 0.3) is 0 Å². The van der Waals surface area contributed by atoms with Gasteiger partial charge in [0.05, 0.1) is 18.4 Å². The van der Waals surface area contributed by atoms with E-state index in [1.165, 1.54) is 25.7 Å². The van der Waals surface area contributed by atoms with Gasteiger partial charge in [-0.2, -0.15) is 0 Å². The molecule has 0 amide bonds. The van der Waals surface area contributed by atoms with Crippen LogP contribution in [0.1, 0.15) is 142 Å². The first-order valence-corrected chi connectivity index (χ1v) is 14.0. The molecule has 8 nitrogen and oxygen atoms in total. The highest BCUT2D eigenvalue weighted by molar-refractivity contribution is 5.69. The Balaban J connectivity index is 0. The van der Waals surface area contributed by atoms with Crippen molar-refractivity contribution in [3.05, 3.63) is 0 Å². The highest BCUT2D eigenvalue weighted by Crippen LogP contribution is 2.14. The molecule has 0 aliphatic carbocycles. The lowest BCUT2D eigenvalue weighted by Crippen LogP contribution is -2.12. The average molecular weight is 517 g/mol. The Bertz CT molecular complexity index is 550. The highest BCUT2D eigenvalue weighted by Gasteiger charge is 2.09. The van der Waals surface area contributed by atoms with Gasteiger partial charge in [0.1, 0.15) is 6.29 Å². The lowest BCUT2D eigenvalue weighted by atomic mass is 10.0. The molecule has 0 aromatic rings. The summed E-state index contributed by atoms with van der Waals surface area (Å²) in [5, 5.41) is 35.0. The number of hydrogen-bond acceptors (Lipinski definition) is 5. The Labute approximate surface area is 217 Å². The van der Waals surface area contributed by atoms with Crippen LogP contribution in [-0.4, -0.2) is 50.7 Å². The van der Waals surface area contributed by atoms with Crippen molar-refractivity contribution in [3.8, 4) is 0 Å². The van der Waals surface area contributed by atoms with Crippen LogP contribution in [0.5, 0.6) is 0 Å². The normalized spacial score (nSPS) is 12.3. The molecule has 0 saturated heterocycles. The minimum absolute atomic E-state index is 0.142. The maximum atomic E-state index is 10.6. The zero-order valence-corrected chi connectivity index (χ0v) is 22.5. The number of hydrogen-bond donors (Lipinski definition) is 4. The topological polar surface area (TPSA) is 149 Å². The molecule has 0 radical (unpaired) electrons. The van der Waals surface area contributed by atoms with E-state index < -0.39 is 24.0 Å². The van der Waals surface area contributed by atoms with E-state index in [1.54, 1.807) is 6.92 Å². The first-order valence-electron chi connectivity index (χ1n) is 14.0. The molecule has 0 aromatic carbocycles. The maximum Gasteiger partial charge on any atom is 0.306 e. The Kier molecular flexibility index (Phi) is 27.8. The van der Waals surface area contributed by atoms with Crippen LogP contribution in [0.15, 0.2) is 0 Å². The van der Waals surface area contributed by atoms with Crippen molar-refractivity contribution in [2.45, 2.75) is 148 Å². The van der Waals surface area contributed by atoms with Gasteiger partial charge in [0.15, 0.2) is 0 Å². The molecule has 0 spiro atoms. The number of carbonyl (C=O) groups is 4. The SMILES string of the molecule is CC(CCCCCCCCCCC(=O)O)C(=O)O.O=CCCCCCCCCCCC(O)CC(=O)O. The molecule has 0 heterocycles. The van der Waals surface area contributed by atoms with E-state index in [9.17, 15) is 24.3 Å². The van der Waals surface area contributed by atoms with Crippen molar-refractivity contribution >= 4 is 24.2 Å². The molecule has 212 valence electrons. The van der Waals surface area contributed by atoms with Gasteiger partial charge < -0.3 is 25.2 Å². The largest absolute Gasteiger partial charge is 0.481 e. The number of aliphatic hydroxyl groups is 1. The minimum Gasteiger partial charge on any atom is -0.481 e. The van der Waals surface area contributed by atoms with Crippen LogP contribution in [0.25, 0.3) is 0 Å². The lowest BCUT2D eigenvalue weighted by molar-refractivity contribution is -0.141. The quantitative estimate of drug-likeness (QED) is 0.0781. The maximum absolute atomic E-state index is 10.6. The summed E-state index contributed by atoms with van der Waals surface area (Å²) in [6.45, 7) is 1.75. The molecular weight excluding hydrogens is 464 g/mol. The molecule has 0 aliphatic heterocycles. The summed E-state index contributed by atoms with van der Waals surface area (Å²) < 4.78 is 0. The van der Waals surface area contributed by atoms with Crippen LogP contribution in [0, 0.1) is 5.92 Å². The van der Waals surface area contributed by atoms with Gasteiger partial charge in [-0.25, -0.2) is 0 Å². The van der Waals surface area contributed by atoms with Crippen LogP contribution < -0.4 is 0 Å². The summed E-state index contributed by atoms with van der Waals surface area (Å²) in [6, 6.07) is 0. The number of aliphatic hydroxyl groups excluding tert-OH is 1. The van der Waals surface area contributed by atoms with Gasteiger partial charge in [-0.3, -0.25) is 14.4 Å². The Morgan fingerprint density at radius 1 is 0.611 bits per heavy atom. The Morgan fingerprint density at radius 3 is 1.44 bits per heavy atom. The lowest BCUT2D eigenvalue weighted by Gasteiger charge is -2.07. The van der Waals surface area contributed by atoms with Gasteiger partial charge >= 0.3 is 17.9 Å². The fraction of sp³-hybridized carbons (Fsp3) is 0.857. The second-order valence-electron chi connectivity index (χ2n) is 9.82. The third-order valence-corrected chi connectivity index (χ3v) is 6.22. The van der Waals surface area contributed by atoms with E-state index in [0.29, 0.717) is 12.8 Å². The molecule has 0 saturated carbocycles. The van der Waals surface area contributed by atoms with Gasteiger partial charge in [-0.15, -0.1) is 0 Å². The van der Waals surface area contributed by atoms with Gasteiger partial charge in [0, 0.05) is 12.8 Å². The Hall–Kier alpha value is -1.96. The number of carbonyl (C=O) groups excluding carboxylic acids is 1. The van der Waals surface area contributed by atoms with Crippen molar-refractivity contribution in [2.24, 2.45) is 5.92 Å². The van der Waals surface area contributed by atoms with Gasteiger partial charge in [-0.1, -0.05) is 96.8 Å². The number of carboxylic acid groups (broad SMARTS) is 3. The molecule has 0 aliphatic rings. The molecule has 2 unspecified atom stereocenters. The zero-order chi connectivity index (χ0) is 27.4. The van der Waals surface area contributed by atoms with Crippen molar-refractivity contribution < 1.29 is 39.6 Å². The molecule has 36 heavy (non-hydrogen) atoms. The standard InChI is InChI=1S/2C14H26O4/c1-12(14(17)18)10-8-6-4-2-3-5-7-9-11-13(15)16;15-11-9-7-5-3-1-2-4-6-8-10-13(16)12-14(17)18/h12H,2-11H2,1H3,(H,15,16)(H,17,18);11,13,16H,1-10,12H2,(H,17,18). The van der Waals surface area contributed by atoms with E-state index in [0.717, 1.165) is 89.8 Å². The third kappa shape index (κ3) is 32.0. The van der Waals surface area contributed by atoms with Gasteiger partial charge in [0.2, 0.25) is 0 Å². The molecule has 0 aromatic heterocycles. The van der Waals surface area contributed by atoms with Crippen LogP contribution in [0.3, 0.4) is 0 Å². The monoisotopic (exact) mass is 516 g/mol. The zero-order valence-electron chi connectivity index (χ0n) is 22.5.